The maximum Gasteiger partial charge on any atom is 0.258 e. The first kappa shape index (κ1) is 7.77. The Morgan fingerprint density at radius 2 is 2.22 bits per heavy atom. The summed E-state index contributed by atoms with van der Waals surface area (Å²) >= 11 is 4.24. The molecule has 50 valence electrons. The summed E-state index contributed by atoms with van der Waals surface area (Å²) in [7, 11) is 0. The van der Waals surface area contributed by atoms with Crippen molar-refractivity contribution in [1.29, 1.82) is 0 Å². The summed E-state index contributed by atoms with van der Waals surface area (Å²) in [5.41, 5.74) is 0. The van der Waals surface area contributed by atoms with Crippen LogP contribution in [-0.4, -0.2) is 4.98 Å². The van der Waals surface area contributed by atoms with Gasteiger partial charge in [0.25, 0.3) is 3.90 Å². The van der Waals surface area contributed by atoms with Crippen LogP contribution in [0.1, 0.15) is 12.7 Å². The van der Waals surface area contributed by atoms with E-state index >= 15 is 0 Å². The molecule has 1 aromatic heterocycles. The molecule has 0 unspecified atom stereocenters. The van der Waals surface area contributed by atoms with Crippen molar-refractivity contribution in [1.82, 2.24) is 4.98 Å². The van der Waals surface area contributed by atoms with Crippen molar-refractivity contribution in [3.63, 3.8) is 0 Å². The van der Waals surface area contributed by atoms with Gasteiger partial charge in [-0.15, -0.1) is 0 Å². The van der Waals surface area contributed by atoms with Crippen LogP contribution in [0.5, 0.6) is 0 Å². The van der Waals surface area contributed by atoms with E-state index in [4.69, 9.17) is 4.42 Å². The summed E-state index contributed by atoms with van der Waals surface area (Å²) in [4.78, 5) is 4.09. The van der Waals surface area contributed by atoms with Gasteiger partial charge < -0.3 is 4.42 Å². The minimum absolute atomic E-state index is 0.730. The average Bonchev–Trinajstić information content (AvgIpc) is 2.10. The molecule has 0 aromatic carbocycles. The maximum atomic E-state index is 5.23. The van der Waals surface area contributed by atoms with Gasteiger partial charge in [-0.3, -0.25) is 0 Å². The maximum absolute atomic E-state index is 5.23. The molecule has 0 saturated carbocycles. The van der Waals surface area contributed by atoms with E-state index in [0.717, 1.165) is 19.8 Å². The van der Waals surface area contributed by atoms with Gasteiger partial charge in [-0.1, -0.05) is 6.92 Å². The number of hydrogen-bond donors (Lipinski definition) is 0. The van der Waals surface area contributed by atoms with E-state index < -0.39 is 0 Å². The number of aryl methyl sites for hydroxylation is 1. The van der Waals surface area contributed by atoms with Crippen LogP contribution in [0.3, 0.4) is 0 Å². The van der Waals surface area contributed by atoms with Crippen LogP contribution in [0.4, 0.5) is 0 Å². The Balaban J connectivity index is 3.01. The molecule has 0 aliphatic heterocycles. The number of hydrogen-bond acceptors (Lipinski definition) is 2. The van der Waals surface area contributed by atoms with Crippen LogP contribution in [0.25, 0.3) is 0 Å². The van der Waals surface area contributed by atoms with Crippen molar-refractivity contribution in [2.75, 3.05) is 0 Å². The number of halogens is 2. The fourth-order valence-corrected chi connectivity index (χ4v) is 2.20. The molecule has 4 heteroatoms. The minimum Gasteiger partial charge on any atom is -0.436 e. The quantitative estimate of drug-likeness (QED) is 0.729. The standard InChI is InChI=1S/C5H5I2NO/c1-2-3-4(6)8-5(7)9-3/h2H2,1H3. The zero-order valence-electron chi connectivity index (χ0n) is 4.82. The SMILES string of the molecule is CCc1oc(I)nc1I. The fourth-order valence-electron chi connectivity index (χ4n) is 0.524. The molecule has 0 fully saturated rings. The first-order chi connectivity index (χ1) is 4.24. The highest BCUT2D eigenvalue weighted by molar-refractivity contribution is 14.1. The topological polar surface area (TPSA) is 26.0 Å². The van der Waals surface area contributed by atoms with Gasteiger partial charge in [0.15, 0.2) is 0 Å². The molecular formula is C5H5I2NO. The van der Waals surface area contributed by atoms with Gasteiger partial charge >= 0.3 is 0 Å². The Morgan fingerprint density at radius 3 is 2.44 bits per heavy atom. The van der Waals surface area contributed by atoms with Crippen molar-refractivity contribution in [2.24, 2.45) is 0 Å². The Bertz CT molecular complexity index is 209. The third-order valence-corrected chi connectivity index (χ3v) is 2.25. The number of nitrogens with zero attached hydrogens (tertiary/aromatic N) is 1. The Labute approximate surface area is 80.7 Å². The minimum atomic E-state index is 0.730. The number of oxazole rings is 1. The highest BCUT2D eigenvalue weighted by Crippen LogP contribution is 2.14. The van der Waals surface area contributed by atoms with Crippen LogP contribution in [0, 0.1) is 7.60 Å². The third kappa shape index (κ3) is 1.79. The molecule has 0 bridgehead atoms. The van der Waals surface area contributed by atoms with Crippen molar-refractivity contribution < 1.29 is 4.42 Å². The van der Waals surface area contributed by atoms with Gasteiger partial charge in [0.1, 0.15) is 9.46 Å². The lowest BCUT2D eigenvalue weighted by Gasteiger charge is -1.83. The fraction of sp³-hybridized carbons (Fsp3) is 0.400. The van der Waals surface area contributed by atoms with Crippen LogP contribution in [0.2, 0.25) is 0 Å². The predicted octanol–water partition coefficient (Wildman–Crippen LogP) is 2.45. The molecule has 9 heavy (non-hydrogen) atoms. The summed E-state index contributed by atoms with van der Waals surface area (Å²) < 4.78 is 6.95. The molecule has 1 heterocycles. The smallest absolute Gasteiger partial charge is 0.258 e. The Hall–Kier alpha value is 0.670. The lowest BCUT2D eigenvalue weighted by Crippen LogP contribution is -1.77. The van der Waals surface area contributed by atoms with Gasteiger partial charge in [0, 0.05) is 29.0 Å². The van der Waals surface area contributed by atoms with Gasteiger partial charge in [-0.05, 0) is 22.6 Å². The molecule has 0 aliphatic carbocycles. The van der Waals surface area contributed by atoms with E-state index in [1.54, 1.807) is 0 Å². The van der Waals surface area contributed by atoms with Gasteiger partial charge in [0.05, 0.1) is 0 Å². The number of rotatable bonds is 1. The molecule has 0 amide bonds. The summed E-state index contributed by atoms with van der Waals surface area (Å²) in [5.74, 6) is 0.986. The normalized spacial score (nSPS) is 10.1. The van der Waals surface area contributed by atoms with Crippen LogP contribution in [-0.2, 0) is 6.42 Å². The number of aromatic nitrogens is 1. The van der Waals surface area contributed by atoms with Gasteiger partial charge in [0.2, 0.25) is 0 Å². The average molecular weight is 349 g/mol. The van der Waals surface area contributed by atoms with Gasteiger partial charge in [-0.25, -0.2) is 0 Å². The van der Waals surface area contributed by atoms with Crippen molar-refractivity contribution in [3.05, 3.63) is 13.4 Å². The summed E-state index contributed by atoms with van der Waals surface area (Å²) in [6.07, 6.45) is 0.925. The van der Waals surface area contributed by atoms with Crippen molar-refractivity contribution in [3.8, 4) is 0 Å². The molecule has 0 saturated heterocycles. The largest absolute Gasteiger partial charge is 0.436 e. The lowest BCUT2D eigenvalue weighted by molar-refractivity contribution is 0.481. The molecule has 0 N–H and O–H groups in total. The van der Waals surface area contributed by atoms with E-state index in [9.17, 15) is 0 Å². The third-order valence-electron chi connectivity index (χ3n) is 0.945. The van der Waals surface area contributed by atoms with Crippen LogP contribution in [0.15, 0.2) is 4.42 Å². The van der Waals surface area contributed by atoms with Crippen molar-refractivity contribution in [2.45, 2.75) is 13.3 Å². The van der Waals surface area contributed by atoms with E-state index in [-0.39, 0.29) is 0 Å². The molecule has 0 aliphatic rings. The molecule has 1 rings (SSSR count). The molecule has 0 spiro atoms. The lowest BCUT2D eigenvalue weighted by atomic mass is 10.4. The molecule has 0 atom stereocenters. The highest BCUT2D eigenvalue weighted by Gasteiger charge is 2.04. The predicted molar refractivity (Wildman–Crippen MR) is 51.3 cm³/mol. The first-order valence-electron chi connectivity index (χ1n) is 2.54. The monoisotopic (exact) mass is 349 g/mol. The summed E-state index contributed by atoms with van der Waals surface area (Å²) in [6.45, 7) is 2.05. The van der Waals surface area contributed by atoms with E-state index in [2.05, 4.69) is 57.1 Å². The van der Waals surface area contributed by atoms with Crippen LogP contribution < -0.4 is 0 Å². The molecular weight excluding hydrogens is 344 g/mol. The molecule has 0 radical (unpaired) electrons. The first-order valence-corrected chi connectivity index (χ1v) is 4.70. The molecule has 2 nitrogen and oxygen atoms in total. The second kappa shape index (κ2) is 3.18. The summed E-state index contributed by atoms with van der Waals surface area (Å²) in [5, 5.41) is 0. The second-order valence-electron chi connectivity index (χ2n) is 1.53. The van der Waals surface area contributed by atoms with E-state index in [0.29, 0.717) is 0 Å². The summed E-state index contributed by atoms with van der Waals surface area (Å²) in [6, 6.07) is 0. The van der Waals surface area contributed by atoms with Crippen LogP contribution >= 0.6 is 45.2 Å². The van der Waals surface area contributed by atoms with E-state index in [1.807, 2.05) is 0 Å². The Morgan fingerprint density at radius 1 is 1.56 bits per heavy atom. The van der Waals surface area contributed by atoms with Crippen molar-refractivity contribution >= 4 is 45.2 Å². The van der Waals surface area contributed by atoms with E-state index in [1.165, 1.54) is 0 Å². The highest BCUT2D eigenvalue weighted by atomic mass is 127. The second-order valence-corrected chi connectivity index (χ2v) is 3.48. The Kier molecular flexibility index (Phi) is 2.74. The zero-order valence-corrected chi connectivity index (χ0v) is 9.13. The van der Waals surface area contributed by atoms with Gasteiger partial charge in [-0.2, -0.15) is 4.98 Å². The molecule has 1 aromatic rings. The zero-order chi connectivity index (χ0) is 6.85.